The molecule has 0 aliphatic heterocycles. The first-order chi connectivity index (χ1) is 8.86. The van der Waals surface area contributed by atoms with Crippen LogP contribution in [0.3, 0.4) is 0 Å². The van der Waals surface area contributed by atoms with Crippen LogP contribution >= 0.6 is 23.2 Å². The van der Waals surface area contributed by atoms with Crippen molar-refractivity contribution in [1.29, 1.82) is 0 Å². The van der Waals surface area contributed by atoms with E-state index in [4.69, 9.17) is 28.9 Å². The number of hydrogen-bond donors (Lipinski definition) is 2. The number of H-pyrrole nitrogens is 1. The third-order valence-corrected chi connectivity index (χ3v) is 4.10. The average Bonchev–Trinajstić information content (AvgIpc) is 2.72. The molecule has 1 aromatic heterocycles. The Hall–Kier alpha value is -1.19. The number of benzene rings is 1. The summed E-state index contributed by atoms with van der Waals surface area (Å²) < 4.78 is 0. The van der Waals surface area contributed by atoms with Crippen LogP contribution in [0.15, 0.2) is 18.2 Å². The fourth-order valence-electron chi connectivity index (χ4n) is 1.99. The van der Waals surface area contributed by atoms with E-state index in [1.165, 1.54) is 0 Å². The highest BCUT2D eigenvalue weighted by molar-refractivity contribution is 6.36. The molecule has 2 rings (SSSR count). The second kappa shape index (κ2) is 5.06. The van der Waals surface area contributed by atoms with Gasteiger partial charge in [-0.3, -0.25) is 5.10 Å². The van der Waals surface area contributed by atoms with E-state index in [9.17, 15) is 0 Å². The number of nitrogens with one attached hydrogen (secondary N) is 1. The van der Waals surface area contributed by atoms with E-state index in [2.05, 4.69) is 31.0 Å². The van der Waals surface area contributed by atoms with Crippen molar-refractivity contribution in [3.63, 3.8) is 0 Å². The van der Waals surface area contributed by atoms with Crippen LogP contribution in [-0.4, -0.2) is 10.2 Å². The van der Waals surface area contributed by atoms with Crippen molar-refractivity contribution >= 4 is 29.0 Å². The lowest BCUT2D eigenvalue weighted by Gasteiger charge is -2.23. The third kappa shape index (κ3) is 2.58. The van der Waals surface area contributed by atoms with Gasteiger partial charge in [-0.2, -0.15) is 5.10 Å². The smallest absolute Gasteiger partial charge is 0.153 e. The summed E-state index contributed by atoms with van der Waals surface area (Å²) in [7, 11) is 0. The lowest BCUT2D eigenvalue weighted by atomic mass is 9.83. The first kappa shape index (κ1) is 14.2. The maximum atomic E-state index is 6.28. The summed E-state index contributed by atoms with van der Waals surface area (Å²) in [6.07, 6.45) is 0.965. The first-order valence-corrected chi connectivity index (χ1v) is 6.92. The molecule has 0 atom stereocenters. The summed E-state index contributed by atoms with van der Waals surface area (Å²) >= 11 is 12.2. The SMILES string of the molecule is CCC(C)(C)c1[nH]nc(N)c1-c1ccc(Cl)cc1Cl. The van der Waals surface area contributed by atoms with Gasteiger partial charge >= 0.3 is 0 Å². The highest BCUT2D eigenvalue weighted by atomic mass is 35.5. The lowest BCUT2D eigenvalue weighted by molar-refractivity contribution is 0.490. The summed E-state index contributed by atoms with van der Waals surface area (Å²) in [5.74, 6) is 0.459. The highest BCUT2D eigenvalue weighted by Crippen LogP contribution is 2.40. The van der Waals surface area contributed by atoms with Gasteiger partial charge in [-0.25, -0.2) is 0 Å². The molecule has 0 radical (unpaired) electrons. The Kier molecular flexibility index (Phi) is 3.79. The predicted molar refractivity (Wildman–Crippen MR) is 81.8 cm³/mol. The summed E-state index contributed by atoms with van der Waals surface area (Å²) in [4.78, 5) is 0. The van der Waals surface area contributed by atoms with Gasteiger partial charge in [0.25, 0.3) is 0 Å². The third-order valence-electron chi connectivity index (χ3n) is 3.56. The van der Waals surface area contributed by atoms with Crippen LogP contribution in [0.25, 0.3) is 11.1 Å². The number of nitrogen functional groups attached to an aromatic ring is 1. The van der Waals surface area contributed by atoms with Gasteiger partial charge in [0.1, 0.15) is 0 Å². The number of aromatic amines is 1. The van der Waals surface area contributed by atoms with Crippen LogP contribution < -0.4 is 5.73 Å². The zero-order valence-corrected chi connectivity index (χ0v) is 12.7. The molecule has 102 valence electrons. The maximum Gasteiger partial charge on any atom is 0.153 e. The lowest BCUT2D eigenvalue weighted by Crippen LogP contribution is -2.17. The van der Waals surface area contributed by atoms with E-state index in [0.717, 1.165) is 23.2 Å². The molecule has 0 aliphatic carbocycles. The van der Waals surface area contributed by atoms with Crippen LogP contribution in [0.1, 0.15) is 32.9 Å². The van der Waals surface area contributed by atoms with Gasteiger partial charge in [0.05, 0.1) is 10.7 Å². The van der Waals surface area contributed by atoms with Crippen molar-refractivity contribution in [3.8, 4) is 11.1 Å². The quantitative estimate of drug-likeness (QED) is 0.866. The van der Waals surface area contributed by atoms with E-state index in [-0.39, 0.29) is 5.41 Å². The van der Waals surface area contributed by atoms with Gasteiger partial charge in [-0.15, -0.1) is 0 Å². The second-order valence-electron chi connectivity index (χ2n) is 5.22. The molecule has 0 spiro atoms. The summed E-state index contributed by atoms with van der Waals surface area (Å²) in [5.41, 5.74) is 8.67. The number of nitrogens with two attached hydrogens (primary N) is 1. The Labute approximate surface area is 123 Å². The molecule has 0 unspecified atom stereocenters. The first-order valence-electron chi connectivity index (χ1n) is 6.16. The Morgan fingerprint density at radius 1 is 1.32 bits per heavy atom. The van der Waals surface area contributed by atoms with Crippen LogP contribution in [0.4, 0.5) is 5.82 Å². The molecule has 1 aromatic carbocycles. The molecule has 1 heterocycles. The van der Waals surface area contributed by atoms with Crippen LogP contribution in [-0.2, 0) is 5.41 Å². The van der Waals surface area contributed by atoms with E-state index in [1.807, 2.05) is 6.07 Å². The van der Waals surface area contributed by atoms with E-state index < -0.39 is 0 Å². The van der Waals surface area contributed by atoms with E-state index in [0.29, 0.717) is 15.9 Å². The minimum absolute atomic E-state index is 0.0527. The zero-order valence-electron chi connectivity index (χ0n) is 11.2. The fraction of sp³-hybridized carbons (Fsp3) is 0.357. The highest BCUT2D eigenvalue weighted by Gasteiger charge is 2.27. The Bertz CT molecular complexity index is 603. The molecule has 0 aliphatic rings. The molecule has 2 aromatic rings. The largest absolute Gasteiger partial charge is 0.382 e. The standard InChI is InChI=1S/C14H17Cl2N3/c1-4-14(2,3)12-11(13(17)19-18-12)9-6-5-8(15)7-10(9)16/h5-7H,4H2,1-3H3,(H3,17,18,19). The normalized spacial score (nSPS) is 11.8. The minimum atomic E-state index is -0.0527. The van der Waals surface area contributed by atoms with Crippen molar-refractivity contribution < 1.29 is 0 Å². The summed E-state index contributed by atoms with van der Waals surface area (Å²) in [5, 5.41) is 8.35. The molecular formula is C14H17Cl2N3. The minimum Gasteiger partial charge on any atom is -0.382 e. The van der Waals surface area contributed by atoms with Crippen LogP contribution in [0.5, 0.6) is 0 Å². The summed E-state index contributed by atoms with van der Waals surface area (Å²) in [6, 6.07) is 5.40. The van der Waals surface area contributed by atoms with Crippen LogP contribution in [0, 0.1) is 0 Å². The van der Waals surface area contributed by atoms with Crippen molar-refractivity contribution in [1.82, 2.24) is 10.2 Å². The fourth-order valence-corrected chi connectivity index (χ4v) is 2.49. The zero-order chi connectivity index (χ0) is 14.2. The number of aromatic nitrogens is 2. The Morgan fingerprint density at radius 2 is 2.00 bits per heavy atom. The van der Waals surface area contributed by atoms with Gasteiger partial charge in [0.2, 0.25) is 0 Å². The van der Waals surface area contributed by atoms with Gasteiger partial charge in [-0.05, 0) is 18.6 Å². The van der Waals surface area contributed by atoms with Gasteiger partial charge in [0, 0.05) is 21.6 Å². The predicted octanol–water partition coefficient (Wildman–Crippen LogP) is 4.65. The van der Waals surface area contributed by atoms with Crippen molar-refractivity contribution in [2.75, 3.05) is 5.73 Å². The van der Waals surface area contributed by atoms with Crippen LogP contribution in [0.2, 0.25) is 10.0 Å². The monoisotopic (exact) mass is 297 g/mol. The van der Waals surface area contributed by atoms with Gasteiger partial charge < -0.3 is 5.73 Å². The number of nitrogens with zero attached hydrogens (tertiary/aromatic N) is 1. The molecule has 5 heteroatoms. The number of halogens is 2. The molecule has 19 heavy (non-hydrogen) atoms. The maximum absolute atomic E-state index is 6.28. The Morgan fingerprint density at radius 3 is 2.58 bits per heavy atom. The molecular weight excluding hydrogens is 281 g/mol. The molecule has 3 N–H and O–H groups in total. The molecule has 0 saturated carbocycles. The Balaban J connectivity index is 2.65. The molecule has 0 fully saturated rings. The average molecular weight is 298 g/mol. The van der Waals surface area contributed by atoms with Crippen molar-refractivity contribution in [2.45, 2.75) is 32.6 Å². The van der Waals surface area contributed by atoms with Gasteiger partial charge in [0.15, 0.2) is 5.82 Å². The van der Waals surface area contributed by atoms with Crippen molar-refractivity contribution in [2.24, 2.45) is 0 Å². The van der Waals surface area contributed by atoms with Gasteiger partial charge in [-0.1, -0.05) is 50.0 Å². The van der Waals surface area contributed by atoms with E-state index in [1.54, 1.807) is 12.1 Å². The van der Waals surface area contributed by atoms with Crippen molar-refractivity contribution in [3.05, 3.63) is 33.9 Å². The molecule has 0 bridgehead atoms. The topological polar surface area (TPSA) is 54.7 Å². The second-order valence-corrected chi connectivity index (χ2v) is 6.06. The molecule has 3 nitrogen and oxygen atoms in total. The van der Waals surface area contributed by atoms with E-state index >= 15 is 0 Å². The molecule has 0 amide bonds. The number of anilines is 1. The summed E-state index contributed by atoms with van der Waals surface area (Å²) in [6.45, 7) is 6.42. The molecule has 0 saturated heterocycles. The number of rotatable bonds is 3. The number of hydrogen-bond acceptors (Lipinski definition) is 2.